The highest BCUT2D eigenvalue weighted by Crippen LogP contribution is 2.25. The molecule has 1 aliphatic carbocycles. The van der Waals surface area contributed by atoms with E-state index in [4.69, 9.17) is 5.11 Å². The molecule has 0 aliphatic heterocycles. The monoisotopic (exact) mass is 267 g/mol. The Labute approximate surface area is 112 Å². The molecule has 0 aromatic carbocycles. The highest BCUT2D eigenvalue weighted by molar-refractivity contribution is 7.10. The number of thiophene rings is 1. The Morgan fingerprint density at radius 2 is 2.17 bits per heavy atom. The molecule has 3 nitrogen and oxygen atoms in total. The summed E-state index contributed by atoms with van der Waals surface area (Å²) in [5.74, 6) is 0.0730. The van der Waals surface area contributed by atoms with Gasteiger partial charge in [-0.3, -0.25) is 0 Å². The van der Waals surface area contributed by atoms with E-state index in [2.05, 4.69) is 5.32 Å². The van der Waals surface area contributed by atoms with Crippen LogP contribution in [0.2, 0.25) is 0 Å². The van der Waals surface area contributed by atoms with Crippen molar-refractivity contribution in [2.45, 2.75) is 45.1 Å². The lowest BCUT2D eigenvalue weighted by Crippen LogP contribution is -2.18. The molecule has 2 N–H and O–H groups in total. The summed E-state index contributed by atoms with van der Waals surface area (Å²) in [6.45, 7) is 1.84. The van der Waals surface area contributed by atoms with E-state index < -0.39 is 5.97 Å². The van der Waals surface area contributed by atoms with Crippen LogP contribution in [0, 0.1) is 5.92 Å². The van der Waals surface area contributed by atoms with Crippen LogP contribution in [0.1, 0.15) is 53.8 Å². The van der Waals surface area contributed by atoms with Crippen molar-refractivity contribution in [3.8, 4) is 0 Å². The molecule has 0 spiro atoms. The molecule has 100 valence electrons. The number of carboxylic acid groups (broad SMARTS) is 1. The van der Waals surface area contributed by atoms with Gasteiger partial charge < -0.3 is 10.4 Å². The van der Waals surface area contributed by atoms with Gasteiger partial charge in [-0.1, -0.05) is 32.1 Å². The van der Waals surface area contributed by atoms with Crippen LogP contribution in [-0.4, -0.2) is 17.6 Å². The van der Waals surface area contributed by atoms with Gasteiger partial charge in [-0.05, 0) is 24.9 Å². The summed E-state index contributed by atoms with van der Waals surface area (Å²) in [5, 5.41) is 14.0. The number of nitrogens with one attached hydrogen (secondary N) is 1. The smallest absolute Gasteiger partial charge is 0.336 e. The molecule has 0 bridgehead atoms. The van der Waals surface area contributed by atoms with Crippen LogP contribution in [0.5, 0.6) is 0 Å². The van der Waals surface area contributed by atoms with Crippen LogP contribution in [0.4, 0.5) is 0 Å². The van der Waals surface area contributed by atoms with Gasteiger partial charge in [-0.15, -0.1) is 11.3 Å². The SMILES string of the molecule is O=C(O)c1csc(CNCCC2CCCCC2)c1. The summed E-state index contributed by atoms with van der Waals surface area (Å²) >= 11 is 1.52. The van der Waals surface area contributed by atoms with Crippen LogP contribution in [0.3, 0.4) is 0 Å². The second-order valence-electron chi connectivity index (χ2n) is 5.08. The van der Waals surface area contributed by atoms with Gasteiger partial charge in [-0.2, -0.15) is 0 Å². The minimum atomic E-state index is -0.834. The van der Waals surface area contributed by atoms with Crippen molar-refractivity contribution in [3.63, 3.8) is 0 Å². The normalized spacial score (nSPS) is 16.9. The first kappa shape index (κ1) is 13.6. The summed E-state index contributed by atoms with van der Waals surface area (Å²) in [5.41, 5.74) is 0.407. The van der Waals surface area contributed by atoms with Crippen molar-refractivity contribution in [1.82, 2.24) is 5.32 Å². The molecule has 0 radical (unpaired) electrons. The average Bonchev–Trinajstić information content (AvgIpc) is 2.85. The van der Waals surface area contributed by atoms with Crippen molar-refractivity contribution in [1.29, 1.82) is 0 Å². The van der Waals surface area contributed by atoms with Crippen LogP contribution >= 0.6 is 11.3 Å². The van der Waals surface area contributed by atoms with Crippen molar-refractivity contribution in [3.05, 3.63) is 21.9 Å². The highest BCUT2D eigenvalue weighted by atomic mass is 32.1. The second kappa shape index (κ2) is 6.90. The van der Waals surface area contributed by atoms with Crippen molar-refractivity contribution < 1.29 is 9.90 Å². The van der Waals surface area contributed by atoms with Crippen LogP contribution in [-0.2, 0) is 6.54 Å². The van der Waals surface area contributed by atoms with Gasteiger partial charge in [-0.25, -0.2) is 4.79 Å². The summed E-state index contributed by atoms with van der Waals surface area (Å²) in [6, 6.07) is 1.76. The van der Waals surface area contributed by atoms with Gasteiger partial charge in [0.05, 0.1) is 5.56 Å². The molecule has 1 aliphatic rings. The third kappa shape index (κ3) is 4.10. The molecule has 1 aromatic heterocycles. The first-order valence-electron chi connectivity index (χ1n) is 6.77. The molecule has 1 fully saturated rings. The standard InChI is InChI=1S/C14H21NO2S/c16-14(17)12-8-13(18-10-12)9-15-7-6-11-4-2-1-3-5-11/h8,10-11,15H,1-7,9H2,(H,16,17). The van der Waals surface area contributed by atoms with Crippen LogP contribution in [0.15, 0.2) is 11.4 Å². The number of carboxylic acids is 1. The van der Waals surface area contributed by atoms with E-state index in [1.54, 1.807) is 11.4 Å². The van der Waals surface area contributed by atoms with Crippen LogP contribution in [0.25, 0.3) is 0 Å². The van der Waals surface area contributed by atoms with Gasteiger partial charge in [0.15, 0.2) is 0 Å². The maximum absolute atomic E-state index is 10.7. The molecule has 0 saturated heterocycles. The molecule has 1 aromatic rings. The Bertz CT molecular complexity index is 383. The molecule has 0 amide bonds. The largest absolute Gasteiger partial charge is 0.478 e. The number of rotatable bonds is 6. The van der Waals surface area contributed by atoms with Crippen molar-refractivity contribution in [2.75, 3.05) is 6.54 Å². The average molecular weight is 267 g/mol. The Morgan fingerprint density at radius 3 is 2.83 bits per heavy atom. The minimum absolute atomic E-state index is 0.407. The number of aromatic carboxylic acids is 1. The minimum Gasteiger partial charge on any atom is -0.478 e. The van der Waals surface area contributed by atoms with Crippen molar-refractivity contribution >= 4 is 17.3 Å². The fourth-order valence-electron chi connectivity index (χ4n) is 2.58. The van der Waals surface area contributed by atoms with Crippen LogP contribution < -0.4 is 5.32 Å². The summed E-state index contributed by atoms with van der Waals surface area (Å²) in [6.07, 6.45) is 8.26. The van der Waals surface area contributed by atoms with Gasteiger partial charge >= 0.3 is 5.97 Å². The zero-order chi connectivity index (χ0) is 12.8. The first-order valence-corrected chi connectivity index (χ1v) is 7.65. The van der Waals surface area contributed by atoms with E-state index in [-0.39, 0.29) is 0 Å². The molecule has 4 heteroatoms. The fourth-order valence-corrected chi connectivity index (χ4v) is 3.41. The fraction of sp³-hybridized carbons (Fsp3) is 0.643. The molecular formula is C14H21NO2S. The number of hydrogen-bond acceptors (Lipinski definition) is 3. The van der Waals surface area contributed by atoms with E-state index in [9.17, 15) is 4.79 Å². The molecular weight excluding hydrogens is 246 g/mol. The lowest BCUT2D eigenvalue weighted by atomic mass is 9.87. The Kier molecular flexibility index (Phi) is 5.20. The molecule has 2 rings (SSSR count). The Hall–Kier alpha value is -0.870. The van der Waals surface area contributed by atoms with E-state index in [1.807, 2.05) is 0 Å². The lowest BCUT2D eigenvalue weighted by molar-refractivity contribution is 0.0697. The molecule has 0 unspecified atom stereocenters. The Morgan fingerprint density at radius 1 is 1.39 bits per heavy atom. The lowest BCUT2D eigenvalue weighted by Gasteiger charge is -2.21. The first-order chi connectivity index (χ1) is 8.75. The Balaban J connectivity index is 1.63. The highest BCUT2D eigenvalue weighted by Gasteiger charge is 2.12. The zero-order valence-electron chi connectivity index (χ0n) is 10.7. The van der Waals surface area contributed by atoms with Gasteiger partial charge in [0.25, 0.3) is 0 Å². The second-order valence-corrected chi connectivity index (χ2v) is 6.07. The molecule has 1 heterocycles. The zero-order valence-corrected chi connectivity index (χ0v) is 11.5. The van der Waals surface area contributed by atoms with E-state index in [0.717, 1.165) is 23.9 Å². The quantitative estimate of drug-likeness (QED) is 0.775. The number of hydrogen-bond donors (Lipinski definition) is 2. The third-order valence-electron chi connectivity index (χ3n) is 3.65. The summed E-state index contributed by atoms with van der Waals surface area (Å²) in [4.78, 5) is 11.8. The van der Waals surface area contributed by atoms with E-state index in [0.29, 0.717) is 5.56 Å². The maximum atomic E-state index is 10.7. The predicted octanol–water partition coefficient (Wildman–Crippen LogP) is 3.51. The summed E-state index contributed by atoms with van der Waals surface area (Å²) < 4.78 is 0. The number of carbonyl (C=O) groups is 1. The molecule has 0 atom stereocenters. The van der Waals surface area contributed by atoms with Crippen molar-refractivity contribution in [2.24, 2.45) is 5.92 Å². The van der Waals surface area contributed by atoms with Gasteiger partial charge in [0, 0.05) is 16.8 Å². The molecule has 1 saturated carbocycles. The third-order valence-corrected chi connectivity index (χ3v) is 4.59. The maximum Gasteiger partial charge on any atom is 0.336 e. The van der Waals surface area contributed by atoms with E-state index in [1.165, 1.54) is 49.9 Å². The molecule has 18 heavy (non-hydrogen) atoms. The predicted molar refractivity (Wildman–Crippen MR) is 74.2 cm³/mol. The van der Waals surface area contributed by atoms with Gasteiger partial charge in [0.2, 0.25) is 0 Å². The summed E-state index contributed by atoms with van der Waals surface area (Å²) in [7, 11) is 0. The topological polar surface area (TPSA) is 49.3 Å². The van der Waals surface area contributed by atoms with Gasteiger partial charge in [0.1, 0.15) is 0 Å². The van der Waals surface area contributed by atoms with E-state index >= 15 is 0 Å².